The van der Waals surface area contributed by atoms with E-state index in [-0.39, 0.29) is 30.6 Å². The molecule has 1 aliphatic rings. The summed E-state index contributed by atoms with van der Waals surface area (Å²) >= 11 is 0. The highest BCUT2D eigenvalue weighted by atomic mass is 35.5. The van der Waals surface area contributed by atoms with Crippen molar-refractivity contribution in [3.05, 3.63) is 29.6 Å². The lowest BCUT2D eigenvalue weighted by molar-refractivity contribution is 0.151. The molecule has 1 aromatic carbocycles. The van der Waals surface area contributed by atoms with Crippen molar-refractivity contribution in [1.29, 1.82) is 0 Å². The van der Waals surface area contributed by atoms with E-state index in [4.69, 9.17) is 4.74 Å². The van der Waals surface area contributed by atoms with Gasteiger partial charge < -0.3 is 10.1 Å². The van der Waals surface area contributed by atoms with E-state index in [9.17, 15) is 4.39 Å². The molecule has 0 aromatic heterocycles. The highest BCUT2D eigenvalue weighted by molar-refractivity contribution is 5.85. The van der Waals surface area contributed by atoms with Gasteiger partial charge in [0.2, 0.25) is 0 Å². The maximum Gasteiger partial charge on any atom is 0.126 e. The fourth-order valence-electron chi connectivity index (χ4n) is 2.87. The monoisotopic (exact) mass is 352 g/mol. The van der Waals surface area contributed by atoms with Crippen LogP contribution in [-0.4, -0.2) is 38.2 Å². The Bertz CT molecular complexity index is 440. The average molecular weight is 353 g/mol. The van der Waals surface area contributed by atoms with Crippen LogP contribution in [0.4, 0.5) is 4.39 Å². The molecule has 1 atom stereocenters. The lowest BCUT2D eigenvalue weighted by Gasteiger charge is -2.36. The van der Waals surface area contributed by atoms with Gasteiger partial charge in [0.15, 0.2) is 0 Å². The lowest BCUT2D eigenvalue weighted by atomic mass is 9.94. The highest BCUT2D eigenvalue weighted by Gasteiger charge is 2.25. The first-order valence-corrected chi connectivity index (χ1v) is 7.40. The van der Waals surface area contributed by atoms with Crippen LogP contribution in [0.1, 0.15) is 31.9 Å². The summed E-state index contributed by atoms with van der Waals surface area (Å²) in [6.45, 7) is 8.53. The summed E-state index contributed by atoms with van der Waals surface area (Å²) in [7, 11) is 1.61. The van der Waals surface area contributed by atoms with E-state index in [0.29, 0.717) is 17.7 Å². The zero-order valence-electron chi connectivity index (χ0n) is 13.5. The van der Waals surface area contributed by atoms with E-state index in [1.54, 1.807) is 7.11 Å². The van der Waals surface area contributed by atoms with E-state index in [1.807, 2.05) is 6.07 Å². The van der Waals surface area contributed by atoms with E-state index >= 15 is 0 Å². The van der Waals surface area contributed by atoms with Gasteiger partial charge in [0, 0.05) is 43.9 Å². The average Bonchev–Trinajstić information content (AvgIpc) is 2.45. The van der Waals surface area contributed by atoms with Crippen LogP contribution in [0.3, 0.4) is 0 Å². The van der Waals surface area contributed by atoms with Crippen LogP contribution in [0.5, 0.6) is 5.75 Å². The smallest absolute Gasteiger partial charge is 0.126 e. The van der Waals surface area contributed by atoms with Gasteiger partial charge in [-0.15, -0.1) is 24.8 Å². The van der Waals surface area contributed by atoms with Gasteiger partial charge in [-0.2, -0.15) is 0 Å². The summed E-state index contributed by atoms with van der Waals surface area (Å²) in [5.74, 6) is 1.01. The first-order chi connectivity index (χ1) is 9.61. The number of rotatable bonds is 5. The number of benzene rings is 1. The second-order valence-corrected chi connectivity index (χ2v) is 5.82. The number of hydrogen-bond acceptors (Lipinski definition) is 3. The van der Waals surface area contributed by atoms with Crippen molar-refractivity contribution < 1.29 is 9.13 Å². The molecule has 1 heterocycles. The second kappa shape index (κ2) is 10.3. The van der Waals surface area contributed by atoms with Gasteiger partial charge >= 0.3 is 0 Å². The molecule has 128 valence electrons. The Hall–Kier alpha value is -0.550. The highest BCUT2D eigenvalue weighted by Crippen LogP contribution is 2.34. The Kier molecular flexibility index (Phi) is 10.0. The molecule has 1 aromatic rings. The molecular weight excluding hydrogens is 326 g/mol. The van der Waals surface area contributed by atoms with Crippen molar-refractivity contribution in [1.82, 2.24) is 10.2 Å². The molecule has 1 fully saturated rings. The minimum Gasteiger partial charge on any atom is -0.496 e. The maximum absolute atomic E-state index is 13.4. The van der Waals surface area contributed by atoms with Crippen molar-refractivity contribution in [2.24, 2.45) is 5.92 Å². The van der Waals surface area contributed by atoms with Crippen LogP contribution in [-0.2, 0) is 0 Å². The maximum atomic E-state index is 13.4. The van der Waals surface area contributed by atoms with E-state index in [2.05, 4.69) is 24.1 Å². The molecular formula is C16H27Cl2FN2O. The third kappa shape index (κ3) is 5.58. The molecule has 3 nitrogen and oxygen atoms in total. The number of piperazine rings is 1. The van der Waals surface area contributed by atoms with Crippen molar-refractivity contribution in [3.8, 4) is 5.75 Å². The van der Waals surface area contributed by atoms with E-state index < -0.39 is 0 Å². The van der Waals surface area contributed by atoms with Gasteiger partial charge in [-0.3, -0.25) is 4.90 Å². The number of nitrogens with one attached hydrogen (secondary N) is 1. The topological polar surface area (TPSA) is 24.5 Å². The molecule has 0 aliphatic carbocycles. The minimum absolute atomic E-state index is 0. The van der Waals surface area contributed by atoms with Crippen molar-refractivity contribution >= 4 is 24.8 Å². The molecule has 0 saturated carbocycles. The first-order valence-electron chi connectivity index (χ1n) is 7.40. The Morgan fingerprint density at radius 1 is 1.23 bits per heavy atom. The van der Waals surface area contributed by atoms with Crippen molar-refractivity contribution in [2.45, 2.75) is 26.3 Å². The normalized spacial score (nSPS) is 16.6. The largest absolute Gasteiger partial charge is 0.496 e. The van der Waals surface area contributed by atoms with E-state index in [0.717, 1.165) is 38.2 Å². The molecule has 0 amide bonds. The van der Waals surface area contributed by atoms with Gasteiger partial charge in [-0.05, 0) is 18.4 Å². The second-order valence-electron chi connectivity index (χ2n) is 5.82. The molecule has 0 spiro atoms. The van der Waals surface area contributed by atoms with Gasteiger partial charge in [0.25, 0.3) is 0 Å². The van der Waals surface area contributed by atoms with E-state index in [1.165, 1.54) is 12.1 Å². The van der Waals surface area contributed by atoms with Crippen LogP contribution in [0, 0.1) is 11.7 Å². The summed E-state index contributed by atoms with van der Waals surface area (Å²) in [5, 5.41) is 3.38. The third-order valence-electron chi connectivity index (χ3n) is 3.84. The van der Waals surface area contributed by atoms with Crippen LogP contribution >= 0.6 is 24.8 Å². The number of halogens is 3. The summed E-state index contributed by atoms with van der Waals surface area (Å²) in [5.41, 5.74) is 1.10. The molecule has 0 bridgehead atoms. The Balaban J connectivity index is 0.00000220. The predicted octanol–water partition coefficient (Wildman–Crippen LogP) is 3.67. The molecule has 0 unspecified atom stereocenters. The summed E-state index contributed by atoms with van der Waals surface area (Å²) in [6, 6.07) is 5.20. The lowest BCUT2D eigenvalue weighted by Crippen LogP contribution is -2.45. The first kappa shape index (κ1) is 21.4. The Morgan fingerprint density at radius 2 is 1.86 bits per heavy atom. The molecule has 1 N–H and O–H groups in total. The molecule has 2 rings (SSSR count). The van der Waals surface area contributed by atoms with Crippen molar-refractivity contribution in [3.63, 3.8) is 0 Å². The fraction of sp³-hybridized carbons (Fsp3) is 0.625. The molecule has 0 radical (unpaired) electrons. The molecule has 22 heavy (non-hydrogen) atoms. The fourth-order valence-corrected chi connectivity index (χ4v) is 2.87. The number of ether oxygens (including phenoxy) is 1. The third-order valence-corrected chi connectivity index (χ3v) is 3.84. The zero-order valence-corrected chi connectivity index (χ0v) is 15.1. The van der Waals surface area contributed by atoms with Gasteiger partial charge in [-0.1, -0.05) is 19.9 Å². The quantitative estimate of drug-likeness (QED) is 0.874. The Labute approximate surface area is 145 Å². The Morgan fingerprint density at radius 3 is 2.41 bits per heavy atom. The van der Waals surface area contributed by atoms with Crippen LogP contribution in [0.15, 0.2) is 18.2 Å². The minimum atomic E-state index is -0.241. The van der Waals surface area contributed by atoms with Gasteiger partial charge in [0.1, 0.15) is 11.6 Å². The van der Waals surface area contributed by atoms with Crippen LogP contribution in [0.25, 0.3) is 0 Å². The summed E-state index contributed by atoms with van der Waals surface area (Å²) in [6.07, 6.45) is 1.06. The van der Waals surface area contributed by atoms with Crippen LogP contribution in [0.2, 0.25) is 0 Å². The standard InChI is InChI=1S/C16H25FN2O.2ClH/c1-12(2)10-15(19-8-6-18-7-9-19)14-5-4-13(17)11-16(14)20-3;;/h4-5,11-12,15,18H,6-10H2,1-3H3;2*1H/t15-;;/m1../s1. The molecule has 1 saturated heterocycles. The van der Waals surface area contributed by atoms with Crippen molar-refractivity contribution in [2.75, 3.05) is 33.3 Å². The number of methoxy groups -OCH3 is 1. The summed E-state index contributed by atoms with van der Waals surface area (Å²) < 4.78 is 18.8. The van der Waals surface area contributed by atoms with Gasteiger partial charge in [0.05, 0.1) is 7.11 Å². The molecule has 1 aliphatic heterocycles. The zero-order chi connectivity index (χ0) is 14.5. The number of nitrogens with zero attached hydrogens (tertiary/aromatic N) is 1. The molecule has 6 heteroatoms. The SMILES string of the molecule is COc1cc(F)ccc1[C@@H](CC(C)C)N1CCNCC1.Cl.Cl. The predicted molar refractivity (Wildman–Crippen MR) is 94.1 cm³/mol. The summed E-state index contributed by atoms with van der Waals surface area (Å²) in [4.78, 5) is 2.48. The number of hydrogen-bond donors (Lipinski definition) is 1. The van der Waals surface area contributed by atoms with Crippen LogP contribution < -0.4 is 10.1 Å². The van der Waals surface area contributed by atoms with Gasteiger partial charge in [-0.25, -0.2) is 4.39 Å².